The SMILES string of the molecule is COc1ccccc1C(=O)c1cnn(-c2ccc(Cl)c(Cl)c2)c1-c1ccccc1OC. The molecule has 0 radical (unpaired) electrons. The first-order valence-corrected chi connectivity index (χ1v) is 10.1. The Morgan fingerprint density at radius 2 is 1.52 bits per heavy atom. The fourth-order valence-electron chi connectivity index (χ4n) is 3.40. The van der Waals surface area contributed by atoms with Gasteiger partial charge < -0.3 is 9.47 Å². The molecule has 31 heavy (non-hydrogen) atoms. The van der Waals surface area contributed by atoms with Gasteiger partial charge in [-0.25, -0.2) is 4.68 Å². The predicted octanol–water partition coefficient (Wildman–Crippen LogP) is 6.09. The number of para-hydroxylation sites is 2. The van der Waals surface area contributed by atoms with Gasteiger partial charge in [0.15, 0.2) is 0 Å². The molecule has 0 aliphatic rings. The Morgan fingerprint density at radius 3 is 2.23 bits per heavy atom. The van der Waals surface area contributed by atoms with Crippen LogP contribution in [-0.4, -0.2) is 29.8 Å². The predicted molar refractivity (Wildman–Crippen MR) is 122 cm³/mol. The number of aromatic nitrogens is 2. The molecule has 1 heterocycles. The number of ketones is 1. The fraction of sp³-hybridized carbons (Fsp3) is 0.0833. The Hall–Kier alpha value is -3.28. The van der Waals surface area contributed by atoms with E-state index in [0.717, 1.165) is 0 Å². The number of hydrogen-bond donors (Lipinski definition) is 0. The highest BCUT2D eigenvalue weighted by atomic mass is 35.5. The minimum absolute atomic E-state index is 0.218. The van der Waals surface area contributed by atoms with Gasteiger partial charge in [0.1, 0.15) is 11.5 Å². The molecule has 5 nitrogen and oxygen atoms in total. The van der Waals surface area contributed by atoms with Crippen LogP contribution >= 0.6 is 23.2 Å². The van der Waals surface area contributed by atoms with Crippen molar-refractivity contribution in [3.05, 3.63) is 94.1 Å². The van der Waals surface area contributed by atoms with Gasteiger partial charge in [0.25, 0.3) is 0 Å². The quantitative estimate of drug-likeness (QED) is 0.332. The molecule has 3 aromatic carbocycles. The van der Waals surface area contributed by atoms with Crippen LogP contribution in [0.1, 0.15) is 15.9 Å². The van der Waals surface area contributed by atoms with Crippen molar-refractivity contribution in [1.82, 2.24) is 9.78 Å². The molecule has 0 saturated carbocycles. The molecule has 0 spiro atoms. The molecule has 0 bridgehead atoms. The molecule has 0 atom stereocenters. The topological polar surface area (TPSA) is 53.3 Å². The Kier molecular flexibility index (Phi) is 5.98. The number of hydrogen-bond acceptors (Lipinski definition) is 4. The van der Waals surface area contributed by atoms with Crippen LogP contribution in [0.3, 0.4) is 0 Å². The lowest BCUT2D eigenvalue weighted by molar-refractivity contribution is 0.103. The molecule has 0 N–H and O–H groups in total. The van der Waals surface area contributed by atoms with E-state index in [2.05, 4.69) is 5.10 Å². The summed E-state index contributed by atoms with van der Waals surface area (Å²) in [5, 5.41) is 5.33. The smallest absolute Gasteiger partial charge is 0.200 e. The van der Waals surface area contributed by atoms with Crippen molar-refractivity contribution >= 4 is 29.0 Å². The number of ether oxygens (including phenoxy) is 2. The molecule has 7 heteroatoms. The van der Waals surface area contributed by atoms with Gasteiger partial charge in [0.05, 0.1) is 53.0 Å². The van der Waals surface area contributed by atoms with E-state index in [9.17, 15) is 4.79 Å². The van der Waals surface area contributed by atoms with E-state index in [0.29, 0.717) is 49.6 Å². The summed E-state index contributed by atoms with van der Waals surface area (Å²) in [5.41, 5.74) is 2.79. The first-order chi connectivity index (χ1) is 15.0. The lowest BCUT2D eigenvalue weighted by Crippen LogP contribution is -2.07. The van der Waals surface area contributed by atoms with Gasteiger partial charge in [0, 0.05) is 5.56 Å². The number of carbonyl (C=O) groups excluding carboxylic acids is 1. The molecule has 0 unspecified atom stereocenters. The van der Waals surface area contributed by atoms with Gasteiger partial charge in [-0.05, 0) is 42.5 Å². The standard InChI is InChI=1S/C24H18Cl2N2O3/c1-30-21-9-5-3-7-16(21)23-18(24(29)17-8-4-6-10-22(17)31-2)14-27-28(23)15-11-12-19(25)20(26)13-15/h3-14H,1-2H3. The zero-order valence-corrected chi connectivity index (χ0v) is 18.3. The summed E-state index contributed by atoms with van der Waals surface area (Å²) < 4.78 is 12.6. The molecule has 0 fully saturated rings. The zero-order chi connectivity index (χ0) is 22.0. The van der Waals surface area contributed by atoms with Gasteiger partial charge in [-0.15, -0.1) is 0 Å². The molecule has 0 saturated heterocycles. The van der Waals surface area contributed by atoms with Crippen molar-refractivity contribution in [2.45, 2.75) is 0 Å². The summed E-state index contributed by atoms with van der Waals surface area (Å²) in [4.78, 5) is 13.6. The van der Waals surface area contributed by atoms with E-state index < -0.39 is 0 Å². The second kappa shape index (κ2) is 8.84. The first kappa shape index (κ1) is 21.0. The maximum absolute atomic E-state index is 13.6. The highest BCUT2D eigenvalue weighted by Gasteiger charge is 2.25. The Balaban J connectivity index is 1.97. The van der Waals surface area contributed by atoms with Gasteiger partial charge in [-0.1, -0.05) is 47.5 Å². The Bertz CT molecular complexity index is 1270. The number of methoxy groups -OCH3 is 2. The van der Waals surface area contributed by atoms with Gasteiger partial charge in [-0.2, -0.15) is 5.10 Å². The molecule has 0 amide bonds. The van der Waals surface area contributed by atoms with Crippen molar-refractivity contribution in [3.8, 4) is 28.4 Å². The average Bonchev–Trinajstić information content (AvgIpc) is 3.25. The summed E-state index contributed by atoms with van der Waals surface area (Å²) in [5.74, 6) is 0.879. The van der Waals surface area contributed by atoms with Crippen LogP contribution in [0.25, 0.3) is 16.9 Å². The van der Waals surface area contributed by atoms with Crippen LogP contribution < -0.4 is 9.47 Å². The lowest BCUT2D eigenvalue weighted by Gasteiger charge is -2.14. The number of benzene rings is 3. The number of halogens is 2. The molecule has 156 valence electrons. The van der Waals surface area contributed by atoms with E-state index in [1.807, 2.05) is 30.3 Å². The van der Waals surface area contributed by atoms with Crippen molar-refractivity contribution in [3.63, 3.8) is 0 Å². The molecule has 1 aromatic heterocycles. The van der Waals surface area contributed by atoms with Crippen LogP contribution in [0.4, 0.5) is 0 Å². The van der Waals surface area contributed by atoms with Gasteiger partial charge >= 0.3 is 0 Å². The number of carbonyl (C=O) groups is 1. The minimum atomic E-state index is -0.218. The zero-order valence-electron chi connectivity index (χ0n) is 16.8. The van der Waals surface area contributed by atoms with Crippen LogP contribution in [0, 0.1) is 0 Å². The monoisotopic (exact) mass is 452 g/mol. The van der Waals surface area contributed by atoms with Crippen molar-refractivity contribution in [2.24, 2.45) is 0 Å². The average molecular weight is 453 g/mol. The van der Waals surface area contributed by atoms with Crippen LogP contribution in [0.15, 0.2) is 72.9 Å². The summed E-state index contributed by atoms with van der Waals surface area (Å²) >= 11 is 12.3. The van der Waals surface area contributed by atoms with E-state index in [1.54, 1.807) is 54.4 Å². The molecular formula is C24H18Cl2N2O3. The fourth-order valence-corrected chi connectivity index (χ4v) is 3.70. The third-order valence-corrected chi connectivity index (χ3v) is 5.61. The Morgan fingerprint density at radius 1 is 0.839 bits per heavy atom. The molecular weight excluding hydrogens is 435 g/mol. The Labute approximate surface area is 189 Å². The third-order valence-electron chi connectivity index (χ3n) is 4.88. The first-order valence-electron chi connectivity index (χ1n) is 9.39. The van der Waals surface area contributed by atoms with E-state index in [1.165, 1.54) is 7.11 Å². The molecule has 0 aliphatic heterocycles. The van der Waals surface area contributed by atoms with Gasteiger partial charge in [0.2, 0.25) is 5.78 Å². The van der Waals surface area contributed by atoms with Gasteiger partial charge in [-0.3, -0.25) is 4.79 Å². The minimum Gasteiger partial charge on any atom is -0.496 e. The normalized spacial score (nSPS) is 10.7. The highest BCUT2D eigenvalue weighted by molar-refractivity contribution is 6.42. The molecule has 0 aliphatic carbocycles. The van der Waals surface area contributed by atoms with Crippen molar-refractivity contribution < 1.29 is 14.3 Å². The van der Waals surface area contributed by atoms with Crippen LogP contribution in [-0.2, 0) is 0 Å². The maximum Gasteiger partial charge on any atom is 0.200 e. The largest absolute Gasteiger partial charge is 0.496 e. The summed E-state index contributed by atoms with van der Waals surface area (Å²) in [6.45, 7) is 0. The second-order valence-corrected chi connectivity index (χ2v) is 7.46. The van der Waals surface area contributed by atoms with Crippen molar-refractivity contribution in [2.75, 3.05) is 14.2 Å². The van der Waals surface area contributed by atoms with Crippen LogP contribution in [0.2, 0.25) is 10.0 Å². The molecule has 4 aromatic rings. The van der Waals surface area contributed by atoms with Crippen molar-refractivity contribution in [1.29, 1.82) is 0 Å². The summed E-state index contributed by atoms with van der Waals surface area (Å²) in [7, 11) is 3.12. The number of nitrogens with zero attached hydrogens (tertiary/aromatic N) is 2. The van der Waals surface area contributed by atoms with E-state index >= 15 is 0 Å². The summed E-state index contributed by atoms with van der Waals surface area (Å²) in [6, 6.07) is 19.7. The molecule has 4 rings (SSSR count). The second-order valence-electron chi connectivity index (χ2n) is 6.65. The van der Waals surface area contributed by atoms with E-state index in [4.69, 9.17) is 32.7 Å². The van der Waals surface area contributed by atoms with E-state index in [-0.39, 0.29) is 5.78 Å². The third kappa shape index (κ3) is 3.90. The highest BCUT2D eigenvalue weighted by Crippen LogP contribution is 2.36. The lowest BCUT2D eigenvalue weighted by atomic mass is 9.98. The van der Waals surface area contributed by atoms with Crippen LogP contribution in [0.5, 0.6) is 11.5 Å². The summed E-state index contributed by atoms with van der Waals surface area (Å²) in [6.07, 6.45) is 1.54. The maximum atomic E-state index is 13.6. The number of rotatable bonds is 6.